The van der Waals surface area contributed by atoms with Gasteiger partial charge in [-0.15, -0.1) is 0 Å². The van der Waals surface area contributed by atoms with Crippen LogP contribution in [0.25, 0.3) is 0 Å². The molecular formula is C20H25ClN2O5S. The lowest BCUT2D eigenvalue weighted by molar-refractivity contribution is -0.127. The minimum absolute atomic E-state index is 0.0174. The van der Waals surface area contributed by atoms with Gasteiger partial charge in [0.15, 0.2) is 0 Å². The van der Waals surface area contributed by atoms with Crippen LogP contribution in [0.4, 0.5) is 5.69 Å². The van der Waals surface area contributed by atoms with Gasteiger partial charge in [0.25, 0.3) is 0 Å². The monoisotopic (exact) mass is 440 g/mol. The fourth-order valence-corrected chi connectivity index (χ4v) is 3.88. The Kier molecular flexibility index (Phi) is 7.75. The lowest BCUT2D eigenvalue weighted by Crippen LogP contribution is -2.34. The highest BCUT2D eigenvalue weighted by Crippen LogP contribution is 2.24. The maximum atomic E-state index is 12.4. The largest absolute Gasteiger partial charge is 0.496 e. The number of ether oxygens (including phenoxy) is 2. The minimum Gasteiger partial charge on any atom is -0.496 e. The Bertz CT molecular complexity index is 946. The average Bonchev–Trinajstić information content (AvgIpc) is 2.62. The first-order chi connectivity index (χ1) is 13.6. The van der Waals surface area contributed by atoms with Gasteiger partial charge in [-0.1, -0.05) is 11.6 Å². The number of benzene rings is 2. The number of halogens is 1. The lowest BCUT2D eigenvalue weighted by atomic mass is 10.2. The molecule has 0 unspecified atom stereocenters. The summed E-state index contributed by atoms with van der Waals surface area (Å²) < 4.78 is 37.9. The highest BCUT2D eigenvalue weighted by atomic mass is 35.5. The van der Waals surface area contributed by atoms with Crippen LogP contribution in [-0.2, 0) is 21.4 Å². The first-order valence-electron chi connectivity index (χ1n) is 8.93. The van der Waals surface area contributed by atoms with Crippen LogP contribution in [-0.4, -0.2) is 45.2 Å². The van der Waals surface area contributed by atoms with Gasteiger partial charge in [0.1, 0.15) is 17.3 Å². The molecule has 158 valence electrons. The van der Waals surface area contributed by atoms with Gasteiger partial charge in [-0.25, -0.2) is 8.42 Å². The van der Waals surface area contributed by atoms with Gasteiger partial charge in [0.2, 0.25) is 15.9 Å². The first kappa shape index (κ1) is 22.8. The van der Waals surface area contributed by atoms with E-state index in [4.69, 9.17) is 21.1 Å². The Morgan fingerprint density at radius 1 is 1.17 bits per heavy atom. The number of methoxy groups -OCH3 is 1. The zero-order chi connectivity index (χ0) is 21.6. The van der Waals surface area contributed by atoms with E-state index in [-0.39, 0.29) is 12.6 Å². The molecule has 0 bridgehead atoms. The standard InChI is InChI=1S/C20H25ClN2O5S/c1-14(2)28-18-8-6-17(7-9-18)22-29(25,26)13-20(24)23(3)12-15-11-16(21)5-10-19(15)27-4/h5-11,14,22H,12-13H2,1-4H3. The van der Waals surface area contributed by atoms with E-state index in [1.165, 1.54) is 19.1 Å². The highest BCUT2D eigenvalue weighted by molar-refractivity contribution is 7.93. The molecule has 2 aromatic carbocycles. The zero-order valence-electron chi connectivity index (χ0n) is 16.8. The van der Waals surface area contributed by atoms with Crippen molar-refractivity contribution in [2.75, 3.05) is 24.6 Å². The molecule has 2 aromatic rings. The van der Waals surface area contributed by atoms with Crippen LogP contribution in [0.2, 0.25) is 5.02 Å². The topological polar surface area (TPSA) is 84.9 Å². The van der Waals surface area contributed by atoms with Gasteiger partial charge in [-0.3, -0.25) is 9.52 Å². The van der Waals surface area contributed by atoms with Gasteiger partial charge in [0, 0.05) is 29.9 Å². The highest BCUT2D eigenvalue weighted by Gasteiger charge is 2.21. The maximum Gasteiger partial charge on any atom is 0.241 e. The van der Waals surface area contributed by atoms with Crippen LogP contribution in [0.5, 0.6) is 11.5 Å². The predicted molar refractivity (Wildman–Crippen MR) is 114 cm³/mol. The number of hydrogen-bond acceptors (Lipinski definition) is 5. The molecular weight excluding hydrogens is 416 g/mol. The Morgan fingerprint density at radius 3 is 2.41 bits per heavy atom. The number of carbonyl (C=O) groups excluding carboxylic acids is 1. The zero-order valence-corrected chi connectivity index (χ0v) is 18.4. The molecule has 0 aliphatic rings. The second-order valence-corrected chi connectivity index (χ2v) is 8.92. The average molecular weight is 441 g/mol. The number of carbonyl (C=O) groups is 1. The molecule has 29 heavy (non-hydrogen) atoms. The second kappa shape index (κ2) is 9.84. The molecule has 0 heterocycles. The third-order valence-electron chi connectivity index (χ3n) is 3.89. The molecule has 7 nitrogen and oxygen atoms in total. The van der Waals surface area contributed by atoms with Crippen molar-refractivity contribution < 1.29 is 22.7 Å². The van der Waals surface area contributed by atoms with Crippen molar-refractivity contribution in [2.24, 2.45) is 0 Å². The smallest absolute Gasteiger partial charge is 0.241 e. The molecule has 0 radical (unpaired) electrons. The van der Waals surface area contributed by atoms with E-state index >= 15 is 0 Å². The number of sulfonamides is 1. The van der Waals surface area contributed by atoms with E-state index in [2.05, 4.69) is 4.72 Å². The molecule has 1 N–H and O–H groups in total. The summed E-state index contributed by atoms with van der Waals surface area (Å²) in [6, 6.07) is 11.5. The van der Waals surface area contributed by atoms with E-state index in [0.717, 1.165) is 0 Å². The quantitative estimate of drug-likeness (QED) is 0.644. The van der Waals surface area contributed by atoms with E-state index in [1.54, 1.807) is 42.5 Å². The summed E-state index contributed by atoms with van der Waals surface area (Å²) in [6.07, 6.45) is 0.0174. The van der Waals surface area contributed by atoms with Gasteiger partial charge >= 0.3 is 0 Å². The molecule has 1 amide bonds. The lowest BCUT2D eigenvalue weighted by Gasteiger charge is -2.19. The maximum absolute atomic E-state index is 12.4. The summed E-state index contributed by atoms with van der Waals surface area (Å²) in [5, 5.41) is 0.501. The summed E-state index contributed by atoms with van der Waals surface area (Å²) in [5.41, 5.74) is 1.04. The number of rotatable bonds is 9. The SMILES string of the molecule is COc1ccc(Cl)cc1CN(C)C(=O)CS(=O)(=O)Nc1ccc(OC(C)C)cc1. The Hall–Kier alpha value is -2.45. The van der Waals surface area contributed by atoms with Crippen molar-refractivity contribution in [1.82, 2.24) is 4.90 Å². The number of nitrogens with one attached hydrogen (secondary N) is 1. The minimum atomic E-state index is -3.87. The number of hydrogen-bond donors (Lipinski definition) is 1. The molecule has 0 aromatic heterocycles. The van der Waals surface area contributed by atoms with Crippen molar-refractivity contribution >= 4 is 33.2 Å². The van der Waals surface area contributed by atoms with Crippen LogP contribution < -0.4 is 14.2 Å². The Morgan fingerprint density at radius 2 is 1.83 bits per heavy atom. The van der Waals surface area contributed by atoms with Gasteiger partial charge in [-0.2, -0.15) is 0 Å². The predicted octanol–water partition coefficient (Wildman–Crippen LogP) is 3.54. The van der Waals surface area contributed by atoms with Crippen molar-refractivity contribution in [2.45, 2.75) is 26.5 Å². The van der Waals surface area contributed by atoms with Crippen LogP contribution in [0.3, 0.4) is 0 Å². The molecule has 0 saturated carbocycles. The van der Waals surface area contributed by atoms with Gasteiger partial charge in [0.05, 0.1) is 13.2 Å². The molecule has 0 fully saturated rings. The molecule has 0 atom stereocenters. The van der Waals surface area contributed by atoms with E-state index in [0.29, 0.717) is 27.8 Å². The third kappa shape index (κ3) is 7.14. The fraction of sp³-hybridized carbons (Fsp3) is 0.350. The summed E-state index contributed by atoms with van der Waals surface area (Å²) in [7, 11) is -0.832. The first-order valence-corrected chi connectivity index (χ1v) is 11.0. The summed E-state index contributed by atoms with van der Waals surface area (Å²) in [5.74, 6) is -0.0383. The van der Waals surface area contributed by atoms with Crippen LogP contribution in [0.15, 0.2) is 42.5 Å². The van der Waals surface area contributed by atoms with Gasteiger partial charge < -0.3 is 14.4 Å². The van der Waals surface area contributed by atoms with E-state index < -0.39 is 21.7 Å². The summed E-state index contributed by atoms with van der Waals surface area (Å²) in [4.78, 5) is 13.7. The van der Waals surface area contributed by atoms with E-state index in [1.807, 2.05) is 13.8 Å². The van der Waals surface area contributed by atoms with Crippen molar-refractivity contribution in [3.63, 3.8) is 0 Å². The summed E-state index contributed by atoms with van der Waals surface area (Å²) >= 11 is 6.00. The molecule has 0 spiro atoms. The Balaban J connectivity index is 2.00. The molecule has 0 saturated heterocycles. The third-order valence-corrected chi connectivity index (χ3v) is 5.30. The van der Waals surface area contributed by atoms with Crippen molar-refractivity contribution in [3.8, 4) is 11.5 Å². The molecule has 2 rings (SSSR count). The molecule has 9 heteroatoms. The van der Waals surface area contributed by atoms with Gasteiger partial charge in [-0.05, 0) is 56.3 Å². The van der Waals surface area contributed by atoms with Crippen LogP contribution in [0, 0.1) is 0 Å². The fourth-order valence-electron chi connectivity index (χ4n) is 2.58. The Labute approximate surface area is 176 Å². The van der Waals surface area contributed by atoms with Crippen LogP contribution in [0.1, 0.15) is 19.4 Å². The second-order valence-electron chi connectivity index (χ2n) is 6.76. The number of anilines is 1. The van der Waals surface area contributed by atoms with Crippen molar-refractivity contribution in [3.05, 3.63) is 53.1 Å². The van der Waals surface area contributed by atoms with Crippen molar-refractivity contribution in [1.29, 1.82) is 0 Å². The number of amides is 1. The summed E-state index contributed by atoms with van der Waals surface area (Å²) in [6.45, 7) is 3.97. The van der Waals surface area contributed by atoms with E-state index in [9.17, 15) is 13.2 Å². The van der Waals surface area contributed by atoms with Crippen LogP contribution >= 0.6 is 11.6 Å². The molecule has 0 aliphatic heterocycles. The normalized spacial score (nSPS) is 11.2. The number of nitrogens with zero attached hydrogens (tertiary/aromatic N) is 1. The molecule has 0 aliphatic carbocycles.